The average Bonchev–Trinajstić information content (AvgIpc) is 2.66. The van der Waals surface area contributed by atoms with Crippen molar-refractivity contribution in [3.8, 4) is 0 Å². The predicted octanol–water partition coefficient (Wildman–Crippen LogP) is 2.79. The van der Waals surface area contributed by atoms with Crippen LogP contribution in [0.5, 0.6) is 0 Å². The molecule has 82 valence electrons. The van der Waals surface area contributed by atoms with Crippen LogP contribution in [-0.2, 0) is 11.2 Å². The minimum atomic E-state index is -0.810. The molecule has 0 amide bonds. The van der Waals surface area contributed by atoms with Crippen molar-refractivity contribution in [1.82, 2.24) is 4.98 Å². The maximum Gasteiger partial charge on any atom is 0.307 e. The number of carboxylic acids is 1. The fourth-order valence-corrected chi connectivity index (χ4v) is 2.24. The molecule has 16 heavy (non-hydrogen) atoms. The molecular weight excluding hydrogens is 222 g/mol. The average molecular weight is 233 g/mol. The molecule has 0 unspecified atom stereocenters. The first-order chi connectivity index (χ1) is 7.74. The monoisotopic (exact) mass is 233 g/mol. The smallest absolute Gasteiger partial charge is 0.307 e. The highest BCUT2D eigenvalue weighted by Gasteiger charge is 2.04. The van der Waals surface area contributed by atoms with Gasteiger partial charge in [0.25, 0.3) is 0 Å². The Bertz CT molecular complexity index is 479. The van der Waals surface area contributed by atoms with Crippen molar-refractivity contribution in [3.63, 3.8) is 0 Å². The lowest BCUT2D eigenvalue weighted by Gasteiger charge is -1.96. The summed E-state index contributed by atoms with van der Waals surface area (Å²) in [7, 11) is 0. The minimum absolute atomic E-state index is 0.0614. The van der Waals surface area contributed by atoms with E-state index in [0.29, 0.717) is 0 Å². The van der Waals surface area contributed by atoms with Crippen molar-refractivity contribution in [2.45, 2.75) is 16.3 Å². The summed E-state index contributed by atoms with van der Waals surface area (Å²) in [4.78, 5) is 14.7. The Balaban J connectivity index is 2.06. The van der Waals surface area contributed by atoms with E-state index in [9.17, 15) is 4.79 Å². The first-order valence-electron chi connectivity index (χ1n) is 4.86. The van der Waals surface area contributed by atoms with Crippen molar-refractivity contribution in [1.29, 1.82) is 0 Å². The number of hydrogen-bond donors (Lipinski definition) is 2. The van der Waals surface area contributed by atoms with Gasteiger partial charge in [-0.2, -0.15) is 0 Å². The number of aliphatic carboxylic acids is 1. The number of carboxylic acid groups (broad SMARTS) is 1. The van der Waals surface area contributed by atoms with Gasteiger partial charge in [-0.15, -0.1) is 0 Å². The van der Waals surface area contributed by atoms with Crippen LogP contribution in [0.25, 0.3) is 0 Å². The Kier molecular flexibility index (Phi) is 3.31. The molecule has 1 aromatic heterocycles. The van der Waals surface area contributed by atoms with Gasteiger partial charge in [0, 0.05) is 11.1 Å². The molecule has 2 aromatic rings. The van der Waals surface area contributed by atoms with Crippen molar-refractivity contribution in [2.75, 3.05) is 0 Å². The van der Waals surface area contributed by atoms with Crippen LogP contribution in [0.3, 0.4) is 0 Å². The number of nitrogens with one attached hydrogen (secondary N) is 1. The molecule has 0 saturated carbocycles. The van der Waals surface area contributed by atoms with Gasteiger partial charge in [-0.25, -0.2) is 0 Å². The zero-order valence-corrected chi connectivity index (χ0v) is 9.33. The van der Waals surface area contributed by atoms with Crippen molar-refractivity contribution >= 4 is 17.7 Å². The second kappa shape index (κ2) is 4.90. The van der Waals surface area contributed by atoms with Gasteiger partial charge in [0.1, 0.15) is 0 Å². The van der Waals surface area contributed by atoms with Gasteiger partial charge >= 0.3 is 5.97 Å². The maximum atomic E-state index is 10.5. The summed E-state index contributed by atoms with van der Waals surface area (Å²) in [5, 5.41) is 9.61. The van der Waals surface area contributed by atoms with Crippen LogP contribution in [0.1, 0.15) is 5.56 Å². The minimum Gasteiger partial charge on any atom is -0.481 e. The highest BCUT2D eigenvalue weighted by atomic mass is 32.2. The number of aromatic amines is 1. The number of carbonyl (C=O) groups is 1. The number of aromatic nitrogens is 1. The van der Waals surface area contributed by atoms with Crippen molar-refractivity contribution < 1.29 is 9.90 Å². The highest BCUT2D eigenvalue weighted by molar-refractivity contribution is 7.99. The predicted molar refractivity (Wildman–Crippen MR) is 62.7 cm³/mol. The van der Waals surface area contributed by atoms with Gasteiger partial charge in [0.15, 0.2) is 0 Å². The maximum absolute atomic E-state index is 10.5. The molecule has 0 fully saturated rings. The summed E-state index contributed by atoms with van der Waals surface area (Å²) in [5.41, 5.74) is 0.797. The largest absolute Gasteiger partial charge is 0.481 e. The van der Waals surface area contributed by atoms with Gasteiger partial charge in [-0.1, -0.05) is 30.0 Å². The second-order valence-electron chi connectivity index (χ2n) is 3.36. The second-order valence-corrected chi connectivity index (χ2v) is 4.47. The molecule has 1 heterocycles. The van der Waals surface area contributed by atoms with E-state index in [1.165, 1.54) is 0 Å². The summed E-state index contributed by atoms with van der Waals surface area (Å²) in [6.07, 6.45) is 1.80. The zero-order valence-electron chi connectivity index (χ0n) is 8.51. The fraction of sp³-hybridized carbons (Fsp3) is 0.0833. The molecule has 2 rings (SSSR count). The van der Waals surface area contributed by atoms with Crippen molar-refractivity contribution in [3.05, 3.63) is 48.2 Å². The van der Waals surface area contributed by atoms with Crippen LogP contribution >= 0.6 is 11.8 Å². The van der Waals surface area contributed by atoms with E-state index in [1.54, 1.807) is 18.0 Å². The summed E-state index contributed by atoms with van der Waals surface area (Å²) < 4.78 is 0. The Morgan fingerprint density at radius 1 is 1.31 bits per heavy atom. The third kappa shape index (κ3) is 2.90. The van der Waals surface area contributed by atoms with Gasteiger partial charge < -0.3 is 10.1 Å². The molecule has 0 aliphatic heterocycles. The Morgan fingerprint density at radius 3 is 2.75 bits per heavy atom. The zero-order chi connectivity index (χ0) is 11.4. The van der Waals surface area contributed by atoms with Gasteiger partial charge in [-0.05, 0) is 23.8 Å². The molecule has 0 bridgehead atoms. The van der Waals surface area contributed by atoms with Crippen LogP contribution in [0.4, 0.5) is 0 Å². The van der Waals surface area contributed by atoms with Gasteiger partial charge in [-0.3, -0.25) is 4.79 Å². The lowest BCUT2D eigenvalue weighted by atomic mass is 10.2. The van der Waals surface area contributed by atoms with E-state index in [2.05, 4.69) is 4.98 Å². The Labute approximate surface area is 97.5 Å². The summed E-state index contributed by atoms with van der Waals surface area (Å²) >= 11 is 1.59. The van der Waals surface area contributed by atoms with E-state index < -0.39 is 5.97 Å². The van der Waals surface area contributed by atoms with Crippen LogP contribution < -0.4 is 0 Å². The SMILES string of the molecule is O=C(O)Cc1c[nH]c(Sc2ccccc2)c1. The number of hydrogen-bond acceptors (Lipinski definition) is 2. The topological polar surface area (TPSA) is 53.1 Å². The van der Waals surface area contributed by atoms with E-state index in [4.69, 9.17) is 5.11 Å². The quantitative estimate of drug-likeness (QED) is 0.853. The molecule has 0 aliphatic carbocycles. The number of H-pyrrole nitrogens is 1. The van der Waals surface area contributed by atoms with Crippen LogP contribution in [0.2, 0.25) is 0 Å². The molecule has 0 radical (unpaired) electrons. The van der Waals surface area contributed by atoms with Gasteiger partial charge in [0.05, 0.1) is 11.4 Å². The molecule has 3 nitrogen and oxygen atoms in total. The molecule has 2 N–H and O–H groups in total. The highest BCUT2D eigenvalue weighted by Crippen LogP contribution is 2.26. The third-order valence-electron chi connectivity index (χ3n) is 2.04. The van der Waals surface area contributed by atoms with E-state index in [-0.39, 0.29) is 6.42 Å². The summed E-state index contributed by atoms with van der Waals surface area (Å²) in [6.45, 7) is 0. The summed E-state index contributed by atoms with van der Waals surface area (Å²) in [5.74, 6) is -0.810. The first-order valence-corrected chi connectivity index (χ1v) is 5.67. The molecular formula is C12H11NO2S. The summed E-state index contributed by atoms with van der Waals surface area (Å²) in [6, 6.07) is 11.8. The Hall–Kier alpha value is -1.68. The fourth-order valence-electron chi connectivity index (χ4n) is 1.37. The van der Waals surface area contributed by atoms with Crippen LogP contribution in [0.15, 0.2) is 52.5 Å². The molecule has 0 aliphatic rings. The third-order valence-corrected chi connectivity index (χ3v) is 3.01. The Morgan fingerprint density at radius 2 is 2.06 bits per heavy atom. The molecule has 4 heteroatoms. The molecule has 1 aromatic carbocycles. The normalized spacial score (nSPS) is 10.2. The van der Waals surface area contributed by atoms with E-state index in [0.717, 1.165) is 15.5 Å². The lowest BCUT2D eigenvalue weighted by Crippen LogP contribution is -1.97. The van der Waals surface area contributed by atoms with E-state index in [1.807, 2.05) is 36.4 Å². The van der Waals surface area contributed by atoms with Crippen LogP contribution in [-0.4, -0.2) is 16.1 Å². The lowest BCUT2D eigenvalue weighted by molar-refractivity contribution is -0.136. The molecule has 0 saturated heterocycles. The molecule has 0 atom stereocenters. The molecule has 0 spiro atoms. The van der Waals surface area contributed by atoms with Crippen molar-refractivity contribution in [2.24, 2.45) is 0 Å². The first kappa shape index (κ1) is 10.8. The number of benzene rings is 1. The standard InChI is InChI=1S/C12H11NO2S/c14-12(15)7-9-6-11(13-8-9)16-10-4-2-1-3-5-10/h1-6,8,13H,7H2,(H,14,15). The number of rotatable bonds is 4. The van der Waals surface area contributed by atoms with Crippen LogP contribution in [0, 0.1) is 0 Å². The van der Waals surface area contributed by atoms with E-state index >= 15 is 0 Å². The van der Waals surface area contributed by atoms with Gasteiger partial charge in [0.2, 0.25) is 0 Å².